The molecule has 0 unspecified atom stereocenters. The van der Waals surface area contributed by atoms with Crippen molar-refractivity contribution >= 4 is 49.6 Å². The van der Waals surface area contributed by atoms with Gasteiger partial charge in [-0.25, -0.2) is 0 Å². The van der Waals surface area contributed by atoms with E-state index in [1.54, 1.807) is 11.8 Å². The van der Waals surface area contributed by atoms with Crippen LogP contribution in [0.2, 0.25) is 0 Å². The van der Waals surface area contributed by atoms with Crippen molar-refractivity contribution in [2.45, 2.75) is 10.8 Å². The van der Waals surface area contributed by atoms with Gasteiger partial charge in [-0.3, -0.25) is 4.79 Å². The summed E-state index contributed by atoms with van der Waals surface area (Å²) in [6.45, 7) is 0. The Balaban J connectivity index is 2.00. The van der Waals surface area contributed by atoms with E-state index in [0.29, 0.717) is 5.75 Å². The number of hydrogen-bond acceptors (Lipinski definition) is 3. The topological polar surface area (TPSA) is 63.3 Å². The average molecular weight is 519 g/mol. The maximum Gasteiger partial charge on any atom is 0.321 e. The highest BCUT2D eigenvalue weighted by molar-refractivity contribution is 9.10. The Labute approximate surface area is 184 Å². The molecule has 0 bridgehead atoms. The van der Waals surface area contributed by atoms with Crippen LogP contribution in [-0.2, 0) is 9.54 Å². The molecule has 0 spiro atoms. The first kappa shape index (κ1) is 19.7. The van der Waals surface area contributed by atoms with Crippen LogP contribution in [-0.4, -0.2) is 22.9 Å². The van der Waals surface area contributed by atoms with Gasteiger partial charge in [-0.15, -0.1) is 11.8 Å². The molecule has 0 aliphatic heterocycles. The van der Waals surface area contributed by atoms with Crippen LogP contribution in [0.1, 0.15) is 16.7 Å². The number of benzene rings is 3. The maximum absolute atomic E-state index is 11.4. The highest BCUT2D eigenvalue weighted by Crippen LogP contribution is 2.59. The third-order valence-electron chi connectivity index (χ3n) is 4.99. The van der Waals surface area contributed by atoms with Gasteiger partial charge in [-0.2, -0.15) is 0 Å². The van der Waals surface area contributed by atoms with E-state index in [1.165, 1.54) is 0 Å². The molecule has 28 heavy (non-hydrogen) atoms. The molecule has 3 nitrogen and oxygen atoms in total. The standard InChI is InChI=1S/C22H17Br2NO2S/c23-14-6-8-16-17-9-7-15(24)11-19(17)22(18(16)10-14,13-4-2-1-3-5-13)28-12-20(25)21(26)27/h1-11,20H,12,25H2,(H,26,27)/t20-/m0/s1. The molecule has 142 valence electrons. The first-order valence-electron chi connectivity index (χ1n) is 8.72. The van der Waals surface area contributed by atoms with Crippen molar-refractivity contribution in [2.24, 2.45) is 5.73 Å². The fourth-order valence-electron chi connectivity index (χ4n) is 3.74. The minimum absolute atomic E-state index is 0.294. The molecule has 3 aromatic carbocycles. The van der Waals surface area contributed by atoms with E-state index in [4.69, 9.17) is 5.73 Å². The lowest BCUT2D eigenvalue weighted by Crippen LogP contribution is -2.35. The number of hydrogen-bond donors (Lipinski definition) is 2. The first-order chi connectivity index (χ1) is 13.4. The van der Waals surface area contributed by atoms with Crippen molar-refractivity contribution in [3.05, 3.63) is 92.4 Å². The molecule has 0 amide bonds. The lowest BCUT2D eigenvalue weighted by Gasteiger charge is -2.33. The second-order valence-electron chi connectivity index (χ2n) is 6.68. The van der Waals surface area contributed by atoms with Gasteiger partial charge < -0.3 is 10.8 Å². The Kier molecular flexibility index (Phi) is 5.40. The minimum atomic E-state index is -0.988. The molecule has 1 aliphatic carbocycles. The quantitative estimate of drug-likeness (QED) is 0.459. The molecular formula is C22H17Br2NO2S. The number of carbonyl (C=O) groups is 1. The lowest BCUT2D eigenvalue weighted by molar-refractivity contribution is -0.137. The summed E-state index contributed by atoms with van der Waals surface area (Å²) in [4.78, 5) is 11.4. The number of carboxylic acids is 1. The van der Waals surface area contributed by atoms with Crippen LogP contribution >= 0.6 is 43.6 Å². The van der Waals surface area contributed by atoms with Gasteiger partial charge in [0.15, 0.2) is 0 Å². The molecule has 6 heteroatoms. The summed E-state index contributed by atoms with van der Waals surface area (Å²) in [6.07, 6.45) is 0. The van der Waals surface area contributed by atoms with Crippen LogP contribution in [0.15, 0.2) is 75.7 Å². The van der Waals surface area contributed by atoms with E-state index in [9.17, 15) is 9.90 Å². The molecule has 3 aromatic rings. The van der Waals surface area contributed by atoms with Gasteiger partial charge in [-0.1, -0.05) is 74.3 Å². The van der Waals surface area contributed by atoms with E-state index in [-0.39, 0.29) is 0 Å². The molecule has 0 aromatic heterocycles. The lowest BCUT2D eigenvalue weighted by atomic mass is 9.88. The predicted octanol–water partition coefficient (Wildman–Crippen LogP) is 5.63. The number of carboxylic acid groups (broad SMARTS) is 1. The Morgan fingerprint density at radius 1 is 0.964 bits per heavy atom. The molecule has 1 aliphatic rings. The highest BCUT2D eigenvalue weighted by atomic mass is 79.9. The number of thioether (sulfide) groups is 1. The van der Waals surface area contributed by atoms with Crippen LogP contribution in [0.5, 0.6) is 0 Å². The fourth-order valence-corrected chi connectivity index (χ4v) is 5.98. The molecule has 0 radical (unpaired) electrons. The average Bonchev–Trinajstić information content (AvgIpc) is 2.96. The summed E-state index contributed by atoms with van der Waals surface area (Å²) >= 11 is 8.80. The second kappa shape index (κ2) is 7.67. The van der Waals surface area contributed by atoms with E-state index in [1.807, 2.05) is 30.3 Å². The van der Waals surface area contributed by atoms with E-state index in [0.717, 1.165) is 36.8 Å². The van der Waals surface area contributed by atoms with Crippen molar-refractivity contribution in [1.82, 2.24) is 0 Å². The smallest absolute Gasteiger partial charge is 0.321 e. The number of nitrogens with two attached hydrogens (primary N) is 1. The fraction of sp³-hybridized carbons (Fsp3) is 0.136. The molecular weight excluding hydrogens is 502 g/mol. The summed E-state index contributed by atoms with van der Waals surface area (Å²) in [5.74, 6) is -0.695. The maximum atomic E-state index is 11.4. The molecule has 0 heterocycles. The third-order valence-corrected chi connectivity index (χ3v) is 7.61. The SMILES string of the molecule is N[C@@H](CSC1(c2ccccc2)c2cc(Br)ccc2-c2ccc(Br)cc21)C(=O)O. The number of rotatable bonds is 5. The van der Waals surface area contributed by atoms with Crippen LogP contribution in [0.3, 0.4) is 0 Å². The van der Waals surface area contributed by atoms with Gasteiger partial charge in [0.1, 0.15) is 6.04 Å². The van der Waals surface area contributed by atoms with Crippen molar-refractivity contribution in [3.63, 3.8) is 0 Å². The van der Waals surface area contributed by atoms with Gasteiger partial charge in [0, 0.05) is 14.7 Å². The normalized spacial score (nSPS) is 15.0. The Morgan fingerprint density at radius 3 is 2.00 bits per heavy atom. The predicted molar refractivity (Wildman–Crippen MR) is 122 cm³/mol. The molecule has 4 rings (SSSR count). The summed E-state index contributed by atoms with van der Waals surface area (Å²) in [6, 6.07) is 21.9. The summed E-state index contributed by atoms with van der Waals surface area (Å²) < 4.78 is 1.44. The van der Waals surface area contributed by atoms with Crippen molar-refractivity contribution in [2.75, 3.05) is 5.75 Å². The highest BCUT2D eigenvalue weighted by Gasteiger charge is 2.45. The third kappa shape index (κ3) is 3.22. The van der Waals surface area contributed by atoms with Crippen LogP contribution < -0.4 is 5.73 Å². The van der Waals surface area contributed by atoms with Crippen molar-refractivity contribution in [3.8, 4) is 11.1 Å². The van der Waals surface area contributed by atoms with E-state index < -0.39 is 16.8 Å². The molecule has 0 saturated carbocycles. The van der Waals surface area contributed by atoms with Gasteiger partial charge in [0.25, 0.3) is 0 Å². The van der Waals surface area contributed by atoms with Crippen LogP contribution in [0.4, 0.5) is 0 Å². The summed E-state index contributed by atoms with van der Waals surface area (Å²) in [5, 5.41) is 9.34. The van der Waals surface area contributed by atoms with Crippen LogP contribution in [0, 0.1) is 0 Å². The first-order valence-corrected chi connectivity index (χ1v) is 11.3. The van der Waals surface area contributed by atoms with E-state index in [2.05, 4.69) is 68.3 Å². The number of fused-ring (bicyclic) bond motifs is 3. The molecule has 0 fully saturated rings. The number of aliphatic carboxylic acids is 1. The van der Waals surface area contributed by atoms with Crippen molar-refractivity contribution < 1.29 is 9.90 Å². The minimum Gasteiger partial charge on any atom is -0.480 e. The monoisotopic (exact) mass is 517 g/mol. The van der Waals surface area contributed by atoms with Crippen LogP contribution in [0.25, 0.3) is 11.1 Å². The van der Waals surface area contributed by atoms with Gasteiger partial charge in [-0.05, 0) is 52.1 Å². The van der Waals surface area contributed by atoms with Gasteiger partial charge >= 0.3 is 5.97 Å². The van der Waals surface area contributed by atoms with Crippen molar-refractivity contribution in [1.29, 1.82) is 0 Å². The van der Waals surface area contributed by atoms with E-state index >= 15 is 0 Å². The molecule has 1 atom stereocenters. The zero-order chi connectivity index (χ0) is 19.9. The molecule has 3 N–H and O–H groups in total. The zero-order valence-electron chi connectivity index (χ0n) is 14.7. The summed E-state index contributed by atoms with van der Waals surface area (Å²) in [5.41, 5.74) is 11.6. The second-order valence-corrected chi connectivity index (χ2v) is 9.75. The molecule has 0 saturated heterocycles. The Bertz CT molecular complexity index is 1000. The zero-order valence-corrected chi connectivity index (χ0v) is 18.7. The van der Waals surface area contributed by atoms with Gasteiger partial charge in [0.05, 0.1) is 4.75 Å². The Hall–Kier alpha value is -1.60. The van der Waals surface area contributed by atoms with Gasteiger partial charge in [0.2, 0.25) is 0 Å². The Morgan fingerprint density at radius 2 is 1.50 bits per heavy atom. The summed E-state index contributed by atoms with van der Waals surface area (Å²) in [7, 11) is 0. The number of halogens is 2. The largest absolute Gasteiger partial charge is 0.480 e.